The van der Waals surface area contributed by atoms with Crippen LogP contribution in [0.2, 0.25) is 0 Å². The molecule has 1 unspecified atom stereocenters. The van der Waals surface area contributed by atoms with E-state index in [-0.39, 0.29) is 18.8 Å². The smallest absolute Gasteiger partial charge is 0.419 e. The largest absolute Gasteiger partial charge is 0.508 e. The Kier molecular flexibility index (Phi) is 6.13. The average Bonchev–Trinajstić information content (AvgIpc) is 3.15. The number of carbonyl (C=O) groups excluding carboxylic acids is 1. The Balaban J connectivity index is 1.45. The van der Waals surface area contributed by atoms with E-state index in [2.05, 4.69) is 18.2 Å². The minimum absolute atomic E-state index is 0.0705. The fourth-order valence-electron chi connectivity index (χ4n) is 3.81. The van der Waals surface area contributed by atoms with Crippen molar-refractivity contribution in [2.45, 2.75) is 25.5 Å². The van der Waals surface area contributed by atoms with Gasteiger partial charge in [-0.25, -0.2) is 12.7 Å². The molecule has 31 heavy (non-hydrogen) atoms. The van der Waals surface area contributed by atoms with Crippen LogP contribution < -0.4 is 0 Å². The highest BCUT2D eigenvalue weighted by Gasteiger charge is 2.30. The molecule has 1 aliphatic carbocycles. The predicted molar refractivity (Wildman–Crippen MR) is 124 cm³/mol. The molecule has 1 aliphatic rings. The van der Waals surface area contributed by atoms with Gasteiger partial charge in [-0.15, -0.1) is 0 Å². The van der Waals surface area contributed by atoms with E-state index in [4.69, 9.17) is 4.74 Å². The SMILES string of the molecule is O=C(O)C(Cc1ccc(O)cc1)N(I)C(=O)OCc1cccc2c1Cc1ccccc1-2. The number of benzene rings is 3. The van der Waals surface area contributed by atoms with E-state index in [9.17, 15) is 19.8 Å². The normalized spacial score (nSPS) is 12.5. The molecule has 3 aromatic rings. The number of nitrogens with zero attached hydrogens (tertiary/aromatic N) is 1. The van der Waals surface area contributed by atoms with Crippen LogP contribution in [0.15, 0.2) is 66.7 Å². The molecule has 6 nitrogen and oxygen atoms in total. The van der Waals surface area contributed by atoms with Crippen molar-refractivity contribution in [2.75, 3.05) is 0 Å². The third kappa shape index (κ3) is 4.51. The number of hydrogen-bond donors (Lipinski definition) is 2. The summed E-state index contributed by atoms with van der Waals surface area (Å²) in [5.41, 5.74) is 6.32. The highest BCUT2D eigenvalue weighted by molar-refractivity contribution is 14.1. The Morgan fingerprint density at radius 1 is 1.00 bits per heavy atom. The lowest BCUT2D eigenvalue weighted by molar-refractivity contribution is -0.140. The topological polar surface area (TPSA) is 87.1 Å². The van der Waals surface area contributed by atoms with Crippen molar-refractivity contribution in [2.24, 2.45) is 0 Å². The summed E-state index contributed by atoms with van der Waals surface area (Å²) in [6, 6.07) is 19.3. The number of aromatic hydroxyl groups is 1. The van der Waals surface area contributed by atoms with Crippen LogP contribution in [0.25, 0.3) is 11.1 Å². The molecule has 0 heterocycles. The Morgan fingerprint density at radius 2 is 1.71 bits per heavy atom. The lowest BCUT2D eigenvalue weighted by Crippen LogP contribution is -2.40. The van der Waals surface area contributed by atoms with Crippen LogP contribution in [0.1, 0.15) is 22.3 Å². The molecule has 0 saturated heterocycles. The summed E-state index contributed by atoms with van der Waals surface area (Å²) in [6.45, 7) is 0.0705. The van der Waals surface area contributed by atoms with Crippen molar-refractivity contribution < 1.29 is 24.5 Å². The van der Waals surface area contributed by atoms with E-state index in [1.54, 1.807) is 35.0 Å². The van der Waals surface area contributed by atoms with E-state index in [1.165, 1.54) is 23.3 Å². The zero-order chi connectivity index (χ0) is 22.0. The Morgan fingerprint density at radius 3 is 2.45 bits per heavy atom. The maximum absolute atomic E-state index is 12.6. The zero-order valence-corrected chi connectivity index (χ0v) is 18.7. The molecule has 0 spiro atoms. The number of phenols is 1. The van der Waals surface area contributed by atoms with Gasteiger partial charge >= 0.3 is 12.1 Å². The molecular formula is C24H20INO5. The second-order valence-corrected chi connectivity index (χ2v) is 8.41. The standard InChI is InChI=1S/C24H20INO5/c25-26(22(23(28)29)12-15-8-10-18(27)11-9-15)24(30)31-14-17-5-3-7-20-19-6-2-1-4-16(19)13-21(17)20/h1-11,22,27H,12-14H2,(H,28,29). The predicted octanol–water partition coefficient (Wildman–Crippen LogP) is 4.95. The molecule has 4 rings (SSSR count). The molecule has 1 atom stereocenters. The zero-order valence-electron chi connectivity index (χ0n) is 16.5. The monoisotopic (exact) mass is 529 g/mol. The number of hydrogen-bond acceptors (Lipinski definition) is 4. The van der Waals surface area contributed by atoms with Gasteiger partial charge in [0.15, 0.2) is 0 Å². The van der Waals surface area contributed by atoms with Gasteiger partial charge in [0, 0.05) is 6.42 Å². The maximum Gasteiger partial charge on any atom is 0.419 e. The number of aliphatic carboxylic acids is 1. The Labute approximate surface area is 193 Å². The number of amides is 1. The number of halogens is 1. The Bertz CT molecular complexity index is 1130. The lowest BCUT2D eigenvalue weighted by Gasteiger charge is -2.22. The van der Waals surface area contributed by atoms with Crippen LogP contribution in [0.4, 0.5) is 4.79 Å². The number of ether oxygens (including phenoxy) is 1. The number of fused-ring (bicyclic) bond motifs is 3. The first-order valence-corrected chi connectivity index (χ1v) is 10.7. The fourth-order valence-corrected chi connectivity index (χ4v) is 4.38. The first kappa shape index (κ1) is 21.2. The molecule has 0 bridgehead atoms. The van der Waals surface area contributed by atoms with Gasteiger partial charge in [0.25, 0.3) is 0 Å². The second kappa shape index (κ2) is 8.97. The summed E-state index contributed by atoms with van der Waals surface area (Å²) < 4.78 is 6.55. The first-order valence-electron chi connectivity index (χ1n) is 9.75. The van der Waals surface area contributed by atoms with Crippen LogP contribution in [0, 0.1) is 0 Å². The molecule has 0 aliphatic heterocycles. The quantitative estimate of drug-likeness (QED) is 0.273. The van der Waals surface area contributed by atoms with Gasteiger partial charge in [0.1, 0.15) is 18.4 Å². The minimum atomic E-state index is -1.13. The third-order valence-corrected chi connectivity index (χ3v) is 6.46. The van der Waals surface area contributed by atoms with Crippen molar-refractivity contribution in [1.29, 1.82) is 0 Å². The molecule has 7 heteroatoms. The molecule has 0 saturated carbocycles. The molecule has 158 valence electrons. The van der Waals surface area contributed by atoms with Gasteiger partial charge in [0.05, 0.1) is 22.9 Å². The van der Waals surface area contributed by atoms with E-state index in [0.29, 0.717) is 5.56 Å². The van der Waals surface area contributed by atoms with Gasteiger partial charge in [-0.1, -0.05) is 54.6 Å². The molecule has 0 radical (unpaired) electrons. The van der Waals surface area contributed by atoms with Crippen molar-refractivity contribution in [3.05, 3.63) is 89.0 Å². The second-order valence-electron chi connectivity index (χ2n) is 7.37. The summed E-state index contributed by atoms with van der Waals surface area (Å²) in [5, 5.41) is 19.0. The maximum atomic E-state index is 12.6. The summed E-state index contributed by atoms with van der Waals surface area (Å²) in [6.07, 6.45) is 0.176. The van der Waals surface area contributed by atoms with Crippen LogP contribution in [0.5, 0.6) is 5.75 Å². The van der Waals surface area contributed by atoms with Crippen molar-refractivity contribution >= 4 is 34.9 Å². The van der Waals surface area contributed by atoms with Crippen LogP contribution in [-0.2, 0) is 29.0 Å². The van der Waals surface area contributed by atoms with E-state index in [0.717, 1.165) is 26.2 Å². The summed E-state index contributed by atoms with van der Waals surface area (Å²) in [5.74, 6) is -1.03. The highest BCUT2D eigenvalue weighted by Crippen LogP contribution is 2.38. The molecule has 3 aromatic carbocycles. The van der Waals surface area contributed by atoms with E-state index >= 15 is 0 Å². The third-order valence-electron chi connectivity index (χ3n) is 5.40. The van der Waals surface area contributed by atoms with Gasteiger partial charge < -0.3 is 14.9 Å². The van der Waals surface area contributed by atoms with Crippen LogP contribution >= 0.6 is 22.9 Å². The van der Waals surface area contributed by atoms with Gasteiger partial charge in [-0.05, 0) is 51.9 Å². The number of carboxylic acid groups (broad SMARTS) is 1. The van der Waals surface area contributed by atoms with Crippen LogP contribution in [0.3, 0.4) is 0 Å². The molecular weight excluding hydrogens is 509 g/mol. The first-order chi connectivity index (χ1) is 14.9. The molecule has 2 N–H and O–H groups in total. The minimum Gasteiger partial charge on any atom is -0.508 e. The summed E-state index contributed by atoms with van der Waals surface area (Å²) in [7, 11) is 0. The number of phenolic OH excluding ortho intramolecular Hbond substituents is 1. The van der Waals surface area contributed by atoms with Gasteiger partial charge in [-0.2, -0.15) is 0 Å². The molecule has 0 fully saturated rings. The summed E-state index contributed by atoms with van der Waals surface area (Å²) in [4.78, 5) is 24.4. The van der Waals surface area contributed by atoms with Gasteiger partial charge in [0.2, 0.25) is 0 Å². The van der Waals surface area contributed by atoms with Crippen molar-refractivity contribution in [1.82, 2.24) is 3.11 Å². The highest BCUT2D eigenvalue weighted by atomic mass is 127. The van der Waals surface area contributed by atoms with E-state index < -0.39 is 18.1 Å². The van der Waals surface area contributed by atoms with Crippen LogP contribution in [-0.4, -0.2) is 31.4 Å². The van der Waals surface area contributed by atoms with Crippen molar-refractivity contribution in [3.8, 4) is 16.9 Å². The molecule has 0 aromatic heterocycles. The lowest BCUT2D eigenvalue weighted by atomic mass is 10.0. The van der Waals surface area contributed by atoms with E-state index in [1.807, 2.05) is 24.3 Å². The van der Waals surface area contributed by atoms with Gasteiger partial charge in [-0.3, -0.25) is 0 Å². The average molecular weight is 529 g/mol. The molecule has 1 amide bonds. The summed E-state index contributed by atoms with van der Waals surface area (Å²) >= 11 is 1.69. The number of carboxylic acids is 1. The fraction of sp³-hybridized carbons (Fsp3) is 0.167. The Hall–Kier alpha value is -3.07. The van der Waals surface area contributed by atoms with Crippen molar-refractivity contribution in [3.63, 3.8) is 0 Å². The number of rotatable bonds is 6. The number of carbonyl (C=O) groups is 2.